The van der Waals surface area contributed by atoms with Gasteiger partial charge in [-0.3, -0.25) is 14.5 Å². The third-order valence-corrected chi connectivity index (χ3v) is 12.3. The molecule has 280 valence electrons. The van der Waals surface area contributed by atoms with Crippen LogP contribution in [0.25, 0.3) is 11.1 Å². The molecule has 1 aliphatic heterocycles. The molecule has 3 N–H and O–H groups in total. The predicted octanol–water partition coefficient (Wildman–Crippen LogP) is 5.45. The second-order valence-electron chi connectivity index (χ2n) is 16.7. The number of hydrogen-bond acceptors (Lipinski definition) is 7. The Morgan fingerprint density at radius 3 is 2.40 bits per heavy atom. The Bertz CT molecular complexity index is 1730. The van der Waals surface area contributed by atoms with Crippen LogP contribution in [-0.4, -0.2) is 99.3 Å². The number of hydrogen-bond donors (Lipinski definition) is 3. The van der Waals surface area contributed by atoms with Crippen molar-refractivity contribution < 1.29 is 19.4 Å². The molecule has 9 nitrogen and oxygen atoms in total. The molecule has 52 heavy (non-hydrogen) atoms. The number of likely N-dealkylation sites (N-methyl/N-ethyl adjacent to an activating group) is 1. The number of amides is 2. The Balaban J connectivity index is 1.23. The van der Waals surface area contributed by atoms with Crippen molar-refractivity contribution in [3.63, 3.8) is 0 Å². The van der Waals surface area contributed by atoms with Crippen LogP contribution in [0.4, 0.5) is 5.69 Å². The van der Waals surface area contributed by atoms with Gasteiger partial charge in [0.05, 0.1) is 19.3 Å². The van der Waals surface area contributed by atoms with Gasteiger partial charge in [-0.25, -0.2) is 0 Å². The highest BCUT2D eigenvalue weighted by Gasteiger charge is 2.56. The van der Waals surface area contributed by atoms with E-state index in [2.05, 4.69) is 59.4 Å². The van der Waals surface area contributed by atoms with Crippen LogP contribution >= 0.6 is 0 Å². The van der Waals surface area contributed by atoms with Crippen molar-refractivity contribution >= 4 is 17.5 Å². The van der Waals surface area contributed by atoms with E-state index in [1.807, 2.05) is 81.6 Å². The highest BCUT2D eigenvalue weighted by atomic mass is 16.5. The van der Waals surface area contributed by atoms with Crippen LogP contribution in [0.3, 0.4) is 0 Å². The molecule has 7 atom stereocenters. The minimum absolute atomic E-state index is 0.0109. The summed E-state index contributed by atoms with van der Waals surface area (Å²) in [6.45, 7) is 8.62. The maximum Gasteiger partial charge on any atom is 0.251 e. The summed E-state index contributed by atoms with van der Waals surface area (Å²) in [5.74, 6) is 2.31. The van der Waals surface area contributed by atoms with Crippen molar-refractivity contribution in [2.45, 2.75) is 77.2 Å². The van der Waals surface area contributed by atoms with Gasteiger partial charge in [0.2, 0.25) is 5.91 Å². The Morgan fingerprint density at radius 2 is 1.75 bits per heavy atom. The number of ether oxygens (including phenoxy) is 1. The van der Waals surface area contributed by atoms with Crippen molar-refractivity contribution in [3.8, 4) is 16.9 Å². The quantitative estimate of drug-likeness (QED) is 0.217. The van der Waals surface area contributed by atoms with Gasteiger partial charge in [0, 0.05) is 68.2 Å². The summed E-state index contributed by atoms with van der Waals surface area (Å²) in [6, 6.07) is 21.9. The van der Waals surface area contributed by atoms with Gasteiger partial charge in [-0.1, -0.05) is 69.3 Å². The minimum Gasteiger partial charge on any atom is -0.496 e. The van der Waals surface area contributed by atoms with Gasteiger partial charge in [0.1, 0.15) is 5.75 Å². The number of nitrogens with one attached hydrogen (secondary N) is 2. The number of carbonyl (C=O) groups is 2. The Hall–Kier alpha value is -3.92. The lowest BCUT2D eigenvalue weighted by Crippen LogP contribution is -2.61. The number of anilines is 1. The zero-order chi connectivity index (χ0) is 37.3. The summed E-state index contributed by atoms with van der Waals surface area (Å²) in [5, 5.41) is 17.5. The summed E-state index contributed by atoms with van der Waals surface area (Å²) in [5.41, 5.74) is 5.66. The number of rotatable bonds is 13. The highest BCUT2D eigenvalue weighted by molar-refractivity contribution is 5.97. The summed E-state index contributed by atoms with van der Waals surface area (Å²) in [7, 11) is 9.65. The smallest absolute Gasteiger partial charge is 0.251 e. The number of aliphatic hydroxyl groups excluding tert-OH is 1. The molecule has 4 fully saturated rings. The standard InChI is InChI=1S/C43H59N5O4/c1-27-37-21-32(43(37,2)3)22-38(27)45-42(51)39-23-35(49)26-48(39)24-29-15-12-16-36(40(29)52-8)30-18-31(20-34(19-30)47(6)7)41(50)44-33(25-46(4)5)17-28-13-10-9-11-14-28/h9-16,18-20,27,32-33,35,37-39,49H,17,21-26H2,1-8H3,(H,44,50)(H,45,51)/t27-,32-,33-,35-,37-,38-,39-/m0/s1. The van der Waals surface area contributed by atoms with Crippen LogP contribution in [0, 0.1) is 23.2 Å². The number of aliphatic hydroxyl groups is 1. The van der Waals surface area contributed by atoms with Crippen LogP contribution < -0.4 is 20.3 Å². The Labute approximate surface area is 310 Å². The molecule has 1 saturated heterocycles. The van der Waals surface area contributed by atoms with E-state index < -0.39 is 12.1 Å². The van der Waals surface area contributed by atoms with E-state index in [1.54, 1.807) is 7.11 Å². The van der Waals surface area contributed by atoms with E-state index in [9.17, 15) is 14.7 Å². The maximum atomic E-state index is 13.9. The molecule has 7 rings (SSSR count). The van der Waals surface area contributed by atoms with Crippen molar-refractivity contribution in [2.24, 2.45) is 23.2 Å². The number of para-hydroxylation sites is 1. The molecular weight excluding hydrogens is 651 g/mol. The molecule has 1 heterocycles. The molecule has 0 unspecified atom stereocenters. The lowest BCUT2D eigenvalue weighted by atomic mass is 9.45. The van der Waals surface area contributed by atoms with Gasteiger partial charge in [-0.05, 0) is 92.3 Å². The van der Waals surface area contributed by atoms with Gasteiger partial charge >= 0.3 is 0 Å². The SMILES string of the molecule is COc1c(CN2C[C@@H](O)C[C@H]2C(=O)N[C@H]2C[C@@H]3C[C@@H]([C@@H]2C)C3(C)C)cccc1-c1cc(C(=O)N[C@@H](Cc2ccccc2)CN(C)C)cc(N(C)C)c1. The largest absolute Gasteiger partial charge is 0.496 e. The van der Waals surface area contributed by atoms with Crippen molar-refractivity contribution in [1.82, 2.24) is 20.4 Å². The number of likely N-dealkylation sites (tertiary alicyclic amines) is 1. The van der Waals surface area contributed by atoms with Crippen LogP contribution in [0.1, 0.15) is 61.5 Å². The van der Waals surface area contributed by atoms with Crippen molar-refractivity contribution in [2.75, 3.05) is 53.3 Å². The fraction of sp³-hybridized carbons (Fsp3) is 0.535. The van der Waals surface area contributed by atoms with E-state index in [4.69, 9.17) is 4.74 Å². The second-order valence-corrected chi connectivity index (χ2v) is 16.7. The minimum atomic E-state index is -0.572. The van der Waals surface area contributed by atoms with E-state index in [-0.39, 0.29) is 23.9 Å². The van der Waals surface area contributed by atoms with Crippen molar-refractivity contribution in [1.29, 1.82) is 0 Å². The summed E-state index contributed by atoms with van der Waals surface area (Å²) >= 11 is 0. The molecule has 0 aromatic heterocycles. The number of benzene rings is 3. The number of fused-ring (bicyclic) bond motifs is 2. The molecule has 9 heteroatoms. The number of nitrogens with zero attached hydrogens (tertiary/aromatic N) is 3. The molecule has 3 aliphatic carbocycles. The first-order valence-corrected chi connectivity index (χ1v) is 19.0. The lowest BCUT2D eigenvalue weighted by Gasteiger charge is -2.62. The van der Waals surface area contributed by atoms with Gasteiger partial charge in [-0.2, -0.15) is 0 Å². The lowest BCUT2D eigenvalue weighted by molar-refractivity contribution is -0.137. The molecular formula is C43H59N5O4. The van der Waals surface area contributed by atoms with Crippen molar-refractivity contribution in [3.05, 3.63) is 83.4 Å². The average molecular weight is 710 g/mol. The molecule has 2 amide bonds. The first-order valence-electron chi connectivity index (χ1n) is 19.0. The zero-order valence-electron chi connectivity index (χ0n) is 32.4. The molecule has 3 aromatic carbocycles. The molecule has 3 aromatic rings. The van der Waals surface area contributed by atoms with Gasteiger partial charge in [0.25, 0.3) is 5.91 Å². The monoisotopic (exact) mass is 709 g/mol. The zero-order valence-corrected chi connectivity index (χ0v) is 32.4. The first kappa shape index (κ1) is 37.8. The summed E-state index contributed by atoms with van der Waals surface area (Å²) in [6.07, 6.45) is 2.85. The number of β-amino-alcohol motifs (C(OH)–C–C–N with tert-alkyl or cyclic N) is 1. The number of methoxy groups -OCH3 is 1. The van der Waals surface area contributed by atoms with E-state index in [1.165, 1.54) is 12.0 Å². The van der Waals surface area contributed by atoms with E-state index in [0.717, 1.165) is 35.2 Å². The molecule has 3 saturated carbocycles. The van der Waals surface area contributed by atoms with Gasteiger partial charge < -0.3 is 30.3 Å². The third kappa shape index (κ3) is 8.02. The Kier molecular flexibility index (Phi) is 11.3. The molecule has 0 radical (unpaired) electrons. The predicted molar refractivity (Wildman–Crippen MR) is 209 cm³/mol. The molecule has 0 spiro atoms. The van der Waals surface area contributed by atoms with Crippen LogP contribution in [0.2, 0.25) is 0 Å². The fourth-order valence-electron chi connectivity index (χ4n) is 9.27. The average Bonchev–Trinajstić information content (AvgIpc) is 3.48. The Morgan fingerprint density at radius 1 is 1.00 bits per heavy atom. The van der Waals surface area contributed by atoms with Crippen LogP contribution in [-0.2, 0) is 17.8 Å². The fourth-order valence-corrected chi connectivity index (χ4v) is 9.27. The van der Waals surface area contributed by atoms with E-state index in [0.29, 0.717) is 60.5 Å². The van der Waals surface area contributed by atoms with Gasteiger partial charge in [-0.15, -0.1) is 0 Å². The second kappa shape index (κ2) is 15.6. The topological polar surface area (TPSA) is 97.4 Å². The summed E-state index contributed by atoms with van der Waals surface area (Å²) < 4.78 is 6.10. The normalized spacial score (nSPS) is 25.7. The third-order valence-electron chi connectivity index (χ3n) is 12.3. The molecule has 2 bridgehead atoms. The van der Waals surface area contributed by atoms with Crippen LogP contribution in [0.15, 0.2) is 66.7 Å². The summed E-state index contributed by atoms with van der Waals surface area (Å²) in [4.78, 5) is 34.0. The number of carbonyl (C=O) groups excluding carboxylic acids is 2. The van der Waals surface area contributed by atoms with Gasteiger partial charge in [0.15, 0.2) is 0 Å². The van der Waals surface area contributed by atoms with Crippen LogP contribution in [0.5, 0.6) is 5.75 Å². The van der Waals surface area contributed by atoms with E-state index >= 15 is 0 Å². The maximum absolute atomic E-state index is 13.9. The highest BCUT2D eigenvalue weighted by Crippen LogP contribution is 2.61. The molecule has 4 aliphatic rings. The first-order chi connectivity index (χ1) is 24.7.